The van der Waals surface area contributed by atoms with Gasteiger partial charge in [-0.05, 0) is 67.5 Å². The summed E-state index contributed by atoms with van der Waals surface area (Å²) in [6.07, 6.45) is -3.23. The quantitative estimate of drug-likeness (QED) is 0.148. The normalized spacial score (nSPS) is 17.9. The van der Waals surface area contributed by atoms with Crippen LogP contribution < -0.4 is 20.7 Å². The average Bonchev–Trinajstić information content (AvgIpc) is 3.35. The number of aromatic nitrogens is 2. The van der Waals surface area contributed by atoms with Gasteiger partial charge in [-0.1, -0.05) is 12.1 Å². The molecular weight excluding hydrogens is 668 g/mol. The molecule has 1 fully saturated rings. The number of carbonyl (C=O) groups is 2. The number of rotatable bonds is 13. The number of methoxy groups -OCH3 is 1. The Morgan fingerprint density at radius 1 is 1.12 bits per heavy atom. The fourth-order valence-corrected chi connectivity index (χ4v) is 7.76. The molecule has 0 spiro atoms. The van der Waals surface area contributed by atoms with Crippen LogP contribution in [0.3, 0.4) is 0 Å². The molecule has 17 heteroatoms. The minimum Gasteiger partial charge on any atom is -0.495 e. The standard InChI is InChI=1S/C32H38F3N6O7P/c1-5-47-49(45,48-6-2)17-18-7-10-23(26(13-18)46-4)39-31-37-15-22(32(33,34)35)28(40-31)38-24-12-9-20(21-16-41(3)29(42)27(21)24)19-8-11-25(30(43)44)36-14-19/h7,9-10,12-13,15,19,25,36H,5-6,8,11,14,16-17H2,1-4H3,(H,43,44)(H2,37,38,39,40)/t19?,25-/m1/s1. The Morgan fingerprint density at radius 2 is 1.84 bits per heavy atom. The number of carbonyl (C=O) groups excluding carboxylic acids is 1. The van der Waals surface area contributed by atoms with Gasteiger partial charge in [-0.15, -0.1) is 0 Å². The molecule has 2 atom stereocenters. The van der Waals surface area contributed by atoms with E-state index in [0.29, 0.717) is 42.4 Å². The second-order valence-electron chi connectivity index (χ2n) is 11.6. The first-order chi connectivity index (χ1) is 23.3. The number of carboxylic acids is 1. The van der Waals surface area contributed by atoms with Gasteiger partial charge in [-0.3, -0.25) is 14.2 Å². The van der Waals surface area contributed by atoms with E-state index in [0.717, 1.165) is 5.56 Å². The topological polar surface area (TPSA) is 164 Å². The van der Waals surface area contributed by atoms with Crippen LogP contribution in [0.15, 0.2) is 36.5 Å². The summed E-state index contributed by atoms with van der Waals surface area (Å²) in [5, 5.41) is 18.0. The third-order valence-corrected chi connectivity index (χ3v) is 10.4. The van der Waals surface area contributed by atoms with Crippen molar-refractivity contribution in [2.45, 2.75) is 57.5 Å². The van der Waals surface area contributed by atoms with Crippen molar-refractivity contribution in [3.8, 4) is 5.75 Å². The Balaban J connectivity index is 1.45. The number of fused-ring (bicyclic) bond motifs is 1. The molecule has 2 aliphatic heterocycles. The number of hydrogen-bond acceptors (Lipinski definition) is 11. The van der Waals surface area contributed by atoms with Crippen LogP contribution in [0.25, 0.3) is 0 Å². The Morgan fingerprint density at radius 3 is 2.45 bits per heavy atom. The third-order valence-electron chi connectivity index (χ3n) is 8.34. The third kappa shape index (κ3) is 7.99. The highest BCUT2D eigenvalue weighted by Gasteiger charge is 2.38. The highest BCUT2D eigenvalue weighted by Crippen LogP contribution is 2.52. The summed E-state index contributed by atoms with van der Waals surface area (Å²) in [7, 11) is -0.404. The number of ether oxygens (including phenoxy) is 1. The van der Waals surface area contributed by atoms with Crippen LogP contribution in [-0.2, 0) is 37.3 Å². The van der Waals surface area contributed by atoms with E-state index in [1.807, 2.05) is 0 Å². The van der Waals surface area contributed by atoms with Crippen LogP contribution in [0, 0.1) is 0 Å². The number of nitrogens with one attached hydrogen (secondary N) is 3. The summed E-state index contributed by atoms with van der Waals surface area (Å²) in [6.45, 7) is 4.44. The molecule has 1 unspecified atom stereocenters. The van der Waals surface area contributed by atoms with E-state index < -0.39 is 37.2 Å². The first-order valence-electron chi connectivity index (χ1n) is 15.7. The zero-order valence-electron chi connectivity index (χ0n) is 27.4. The van der Waals surface area contributed by atoms with Crippen LogP contribution >= 0.6 is 7.60 Å². The van der Waals surface area contributed by atoms with Gasteiger partial charge in [0.25, 0.3) is 5.91 Å². The fraction of sp³-hybridized carbons (Fsp3) is 0.438. The van der Waals surface area contributed by atoms with Crippen molar-refractivity contribution in [1.82, 2.24) is 20.2 Å². The molecule has 2 aliphatic rings. The molecule has 0 aliphatic carbocycles. The molecule has 5 rings (SSSR count). The molecule has 3 aromatic rings. The van der Waals surface area contributed by atoms with Gasteiger partial charge in [0.15, 0.2) is 0 Å². The van der Waals surface area contributed by atoms with Crippen molar-refractivity contribution in [2.75, 3.05) is 44.5 Å². The Bertz CT molecular complexity index is 1760. The van der Waals surface area contributed by atoms with E-state index in [1.165, 1.54) is 12.0 Å². The molecule has 264 valence electrons. The van der Waals surface area contributed by atoms with Crippen molar-refractivity contribution >= 4 is 42.6 Å². The summed E-state index contributed by atoms with van der Waals surface area (Å²) in [5.74, 6) is -1.85. The zero-order chi connectivity index (χ0) is 35.5. The number of halogens is 3. The summed E-state index contributed by atoms with van der Waals surface area (Å²) in [5.41, 5.74) is 1.65. The van der Waals surface area contributed by atoms with Crippen LogP contribution in [0.1, 0.15) is 65.2 Å². The first kappa shape index (κ1) is 36.1. The average molecular weight is 707 g/mol. The first-order valence-corrected chi connectivity index (χ1v) is 17.4. The molecule has 1 aromatic heterocycles. The van der Waals surface area contributed by atoms with Gasteiger partial charge in [0.05, 0.1) is 43.4 Å². The number of aliphatic carboxylic acids is 1. The summed E-state index contributed by atoms with van der Waals surface area (Å²) in [4.78, 5) is 34.2. The second-order valence-corrected chi connectivity index (χ2v) is 13.7. The van der Waals surface area contributed by atoms with Gasteiger partial charge in [-0.2, -0.15) is 18.2 Å². The molecule has 1 amide bonds. The van der Waals surface area contributed by atoms with Crippen LogP contribution in [-0.4, -0.2) is 71.8 Å². The van der Waals surface area contributed by atoms with Crippen molar-refractivity contribution in [2.24, 2.45) is 0 Å². The molecule has 1 saturated heterocycles. The maximum Gasteiger partial charge on any atom is 0.421 e. The van der Waals surface area contributed by atoms with Crippen molar-refractivity contribution in [3.05, 3.63) is 64.3 Å². The van der Waals surface area contributed by atoms with Gasteiger partial charge in [0.2, 0.25) is 5.95 Å². The van der Waals surface area contributed by atoms with Crippen LogP contribution in [0.5, 0.6) is 5.75 Å². The molecule has 0 radical (unpaired) electrons. The molecule has 3 heterocycles. The number of amides is 1. The molecule has 0 saturated carbocycles. The minimum atomic E-state index is -4.83. The lowest BCUT2D eigenvalue weighted by atomic mass is 9.84. The Kier molecular flexibility index (Phi) is 10.8. The number of alkyl halides is 3. The van der Waals surface area contributed by atoms with E-state index in [9.17, 15) is 32.4 Å². The highest BCUT2D eigenvalue weighted by molar-refractivity contribution is 7.53. The number of hydrogen-bond donors (Lipinski definition) is 4. The van der Waals surface area contributed by atoms with Gasteiger partial charge in [0, 0.05) is 26.3 Å². The lowest BCUT2D eigenvalue weighted by Crippen LogP contribution is -2.43. The van der Waals surface area contributed by atoms with E-state index in [2.05, 4.69) is 25.9 Å². The molecule has 2 aromatic carbocycles. The van der Waals surface area contributed by atoms with Gasteiger partial charge >= 0.3 is 19.7 Å². The van der Waals surface area contributed by atoms with Crippen molar-refractivity contribution < 1.29 is 46.2 Å². The predicted octanol–water partition coefficient (Wildman–Crippen LogP) is 6.26. The Hall–Kier alpha value is -4.24. The fourth-order valence-electron chi connectivity index (χ4n) is 6.07. The largest absolute Gasteiger partial charge is 0.495 e. The smallest absolute Gasteiger partial charge is 0.421 e. The van der Waals surface area contributed by atoms with Gasteiger partial charge in [-0.25, -0.2) is 4.98 Å². The van der Waals surface area contributed by atoms with Crippen molar-refractivity contribution in [1.29, 1.82) is 0 Å². The summed E-state index contributed by atoms with van der Waals surface area (Å²) in [6, 6.07) is 7.49. The lowest BCUT2D eigenvalue weighted by Gasteiger charge is -2.29. The predicted molar refractivity (Wildman–Crippen MR) is 175 cm³/mol. The number of piperidine rings is 1. The zero-order valence-corrected chi connectivity index (χ0v) is 28.3. The second kappa shape index (κ2) is 14.7. The van der Waals surface area contributed by atoms with E-state index >= 15 is 0 Å². The van der Waals surface area contributed by atoms with Crippen LogP contribution in [0.2, 0.25) is 0 Å². The monoisotopic (exact) mass is 706 g/mol. The maximum absolute atomic E-state index is 14.2. The van der Waals surface area contributed by atoms with Crippen molar-refractivity contribution in [3.63, 3.8) is 0 Å². The van der Waals surface area contributed by atoms with Gasteiger partial charge < -0.3 is 39.7 Å². The molecular formula is C32H38F3N6O7P. The Labute approximate surface area is 281 Å². The van der Waals surface area contributed by atoms with Crippen LogP contribution in [0.4, 0.5) is 36.3 Å². The lowest BCUT2D eigenvalue weighted by molar-refractivity contribution is -0.140. The van der Waals surface area contributed by atoms with E-state index in [1.54, 1.807) is 51.2 Å². The van der Waals surface area contributed by atoms with Gasteiger partial charge in [0.1, 0.15) is 23.2 Å². The molecule has 0 bridgehead atoms. The maximum atomic E-state index is 14.2. The number of anilines is 4. The number of carboxylic acid groups (broad SMARTS) is 1. The van der Waals surface area contributed by atoms with E-state index in [-0.39, 0.29) is 60.7 Å². The highest BCUT2D eigenvalue weighted by atomic mass is 31.2. The molecule has 4 N–H and O–H groups in total. The number of benzene rings is 2. The summed E-state index contributed by atoms with van der Waals surface area (Å²) >= 11 is 0. The summed E-state index contributed by atoms with van der Waals surface area (Å²) < 4.78 is 71.9. The molecule has 49 heavy (non-hydrogen) atoms. The van der Waals surface area contributed by atoms with E-state index in [4.69, 9.17) is 13.8 Å². The minimum absolute atomic E-state index is 0.0205. The molecule has 13 nitrogen and oxygen atoms in total. The number of nitrogens with zero attached hydrogens (tertiary/aromatic N) is 3. The SMILES string of the molecule is CCOP(=O)(Cc1ccc(Nc2ncc(C(F)(F)F)c(Nc3ccc(C4CC[C@H](C(=O)O)NC4)c4c3C(=O)N(C)C4)n2)c(OC)c1)OCC.